The van der Waals surface area contributed by atoms with E-state index in [9.17, 15) is 4.79 Å². The maximum Gasteiger partial charge on any atom is 0.307 e. The minimum absolute atomic E-state index is 0.0640. The van der Waals surface area contributed by atoms with E-state index in [-0.39, 0.29) is 6.42 Å². The van der Waals surface area contributed by atoms with E-state index in [1.165, 1.54) is 12.8 Å². The number of rotatable bonds is 8. The van der Waals surface area contributed by atoms with Crippen LogP contribution in [-0.2, 0) is 22.6 Å². The van der Waals surface area contributed by atoms with Crippen molar-refractivity contribution in [2.75, 3.05) is 6.61 Å². The zero-order valence-electron chi connectivity index (χ0n) is 10.3. The average Bonchev–Trinajstić information content (AvgIpc) is 2.30. The topological polar surface area (TPSA) is 46.5 Å². The molecule has 0 aliphatic carbocycles. The zero-order chi connectivity index (χ0) is 12.5. The third-order valence-electron chi connectivity index (χ3n) is 2.61. The zero-order valence-corrected chi connectivity index (χ0v) is 10.3. The summed E-state index contributed by atoms with van der Waals surface area (Å²) in [6.07, 6.45) is 3.49. The predicted molar refractivity (Wildman–Crippen MR) is 67.0 cm³/mol. The Morgan fingerprint density at radius 1 is 1.24 bits per heavy atom. The lowest BCUT2D eigenvalue weighted by atomic mass is 10.1. The second-order valence-electron chi connectivity index (χ2n) is 4.10. The van der Waals surface area contributed by atoms with Gasteiger partial charge in [0.15, 0.2) is 0 Å². The molecule has 0 saturated heterocycles. The fourth-order valence-electron chi connectivity index (χ4n) is 1.67. The first kappa shape index (κ1) is 13.7. The molecule has 0 aliphatic heterocycles. The molecule has 1 aromatic carbocycles. The van der Waals surface area contributed by atoms with Crippen molar-refractivity contribution in [3.63, 3.8) is 0 Å². The van der Waals surface area contributed by atoms with E-state index in [2.05, 4.69) is 6.92 Å². The Labute approximate surface area is 102 Å². The molecule has 94 valence electrons. The molecule has 0 aliphatic rings. The molecule has 0 unspecified atom stereocenters. The quantitative estimate of drug-likeness (QED) is 0.706. The highest BCUT2D eigenvalue weighted by atomic mass is 16.5. The van der Waals surface area contributed by atoms with Crippen molar-refractivity contribution in [1.82, 2.24) is 0 Å². The molecule has 0 atom stereocenters. The van der Waals surface area contributed by atoms with Crippen LogP contribution in [0, 0.1) is 0 Å². The van der Waals surface area contributed by atoms with Crippen LogP contribution >= 0.6 is 0 Å². The van der Waals surface area contributed by atoms with Gasteiger partial charge in [0.1, 0.15) is 0 Å². The van der Waals surface area contributed by atoms with Gasteiger partial charge < -0.3 is 9.84 Å². The van der Waals surface area contributed by atoms with E-state index in [1.54, 1.807) is 0 Å². The summed E-state index contributed by atoms with van der Waals surface area (Å²) in [6.45, 7) is 3.41. The van der Waals surface area contributed by atoms with Gasteiger partial charge in [-0.1, -0.05) is 44.0 Å². The van der Waals surface area contributed by atoms with Gasteiger partial charge in [0.2, 0.25) is 0 Å². The van der Waals surface area contributed by atoms with E-state index in [4.69, 9.17) is 9.84 Å². The number of hydrogen-bond donors (Lipinski definition) is 1. The summed E-state index contributed by atoms with van der Waals surface area (Å²) in [4.78, 5) is 10.7. The van der Waals surface area contributed by atoms with Gasteiger partial charge in [-0.15, -0.1) is 0 Å². The SMILES string of the molecule is CCCCCOCc1ccccc1CC(=O)O. The summed E-state index contributed by atoms with van der Waals surface area (Å²) < 4.78 is 5.55. The molecule has 0 spiro atoms. The summed E-state index contributed by atoms with van der Waals surface area (Å²) in [7, 11) is 0. The average molecular weight is 236 g/mol. The van der Waals surface area contributed by atoms with Gasteiger partial charge in [-0.05, 0) is 17.5 Å². The van der Waals surface area contributed by atoms with Crippen LogP contribution < -0.4 is 0 Å². The van der Waals surface area contributed by atoms with Gasteiger partial charge in [0, 0.05) is 6.61 Å². The highest BCUT2D eigenvalue weighted by Gasteiger charge is 2.05. The van der Waals surface area contributed by atoms with E-state index in [1.807, 2.05) is 24.3 Å². The molecule has 3 nitrogen and oxygen atoms in total. The largest absolute Gasteiger partial charge is 0.481 e. The van der Waals surface area contributed by atoms with Crippen LogP contribution in [0.25, 0.3) is 0 Å². The number of hydrogen-bond acceptors (Lipinski definition) is 2. The summed E-state index contributed by atoms with van der Waals surface area (Å²) in [5.41, 5.74) is 1.82. The van der Waals surface area contributed by atoms with Crippen LogP contribution in [0.4, 0.5) is 0 Å². The second-order valence-corrected chi connectivity index (χ2v) is 4.10. The Bertz CT molecular complexity index is 347. The maximum atomic E-state index is 10.7. The molecular formula is C14H20O3. The normalized spacial score (nSPS) is 10.4. The lowest BCUT2D eigenvalue weighted by molar-refractivity contribution is -0.136. The van der Waals surface area contributed by atoms with Gasteiger partial charge in [-0.25, -0.2) is 0 Å². The van der Waals surface area contributed by atoms with Crippen molar-refractivity contribution < 1.29 is 14.6 Å². The molecule has 0 saturated carbocycles. The molecule has 0 aromatic heterocycles. The number of carboxylic acid groups (broad SMARTS) is 1. The Morgan fingerprint density at radius 3 is 2.59 bits per heavy atom. The van der Waals surface area contributed by atoms with Crippen molar-refractivity contribution in [2.24, 2.45) is 0 Å². The second kappa shape index (κ2) is 7.85. The first-order chi connectivity index (χ1) is 8.24. The smallest absolute Gasteiger partial charge is 0.307 e. The molecule has 1 N–H and O–H groups in total. The summed E-state index contributed by atoms with van der Waals surface area (Å²) >= 11 is 0. The number of carboxylic acids is 1. The van der Waals surface area contributed by atoms with Gasteiger partial charge in [0.05, 0.1) is 13.0 Å². The Hall–Kier alpha value is -1.35. The van der Waals surface area contributed by atoms with E-state index in [0.717, 1.165) is 24.2 Å². The van der Waals surface area contributed by atoms with Gasteiger partial charge in [-0.2, -0.15) is 0 Å². The maximum absolute atomic E-state index is 10.7. The van der Waals surface area contributed by atoms with Crippen LogP contribution in [0.15, 0.2) is 24.3 Å². The fourth-order valence-corrected chi connectivity index (χ4v) is 1.67. The van der Waals surface area contributed by atoms with Crippen molar-refractivity contribution in [3.8, 4) is 0 Å². The Kier molecular flexibility index (Phi) is 6.33. The third-order valence-corrected chi connectivity index (χ3v) is 2.61. The number of aliphatic carboxylic acids is 1. The van der Waals surface area contributed by atoms with Crippen molar-refractivity contribution in [1.29, 1.82) is 0 Å². The summed E-state index contributed by atoms with van der Waals surface area (Å²) in [6, 6.07) is 7.55. The van der Waals surface area contributed by atoms with Gasteiger partial charge in [-0.3, -0.25) is 4.79 Å². The van der Waals surface area contributed by atoms with Crippen LogP contribution in [0.1, 0.15) is 37.3 Å². The van der Waals surface area contributed by atoms with Gasteiger partial charge in [0.25, 0.3) is 0 Å². The summed E-state index contributed by atoms with van der Waals surface area (Å²) in [5.74, 6) is -0.802. The number of benzene rings is 1. The van der Waals surface area contributed by atoms with Crippen LogP contribution in [0.5, 0.6) is 0 Å². The predicted octanol–water partition coefficient (Wildman–Crippen LogP) is 3.02. The molecular weight excluding hydrogens is 216 g/mol. The molecule has 0 radical (unpaired) electrons. The van der Waals surface area contributed by atoms with Crippen LogP contribution in [-0.4, -0.2) is 17.7 Å². The minimum Gasteiger partial charge on any atom is -0.481 e. The highest BCUT2D eigenvalue weighted by molar-refractivity contribution is 5.70. The lowest BCUT2D eigenvalue weighted by Gasteiger charge is -2.08. The monoisotopic (exact) mass is 236 g/mol. The minimum atomic E-state index is -0.802. The number of ether oxygens (including phenoxy) is 1. The molecule has 0 fully saturated rings. The van der Waals surface area contributed by atoms with Crippen molar-refractivity contribution in [3.05, 3.63) is 35.4 Å². The van der Waals surface area contributed by atoms with Crippen molar-refractivity contribution in [2.45, 2.75) is 39.2 Å². The van der Waals surface area contributed by atoms with Gasteiger partial charge >= 0.3 is 5.97 Å². The first-order valence-electron chi connectivity index (χ1n) is 6.10. The summed E-state index contributed by atoms with van der Waals surface area (Å²) in [5, 5.41) is 8.79. The number of carbonyl (C=O) groups is 1. The molecule has 1 rings (SSSR count). The Morgan fingerprint density at radius 2 is 1.94 bits per heavy atom. The molecule has 0 bridgehead atoms. The third kappa shape index (κ3) is 5.50. The van der Waals surface area contributed by atoms with E-state index < -0.39 is 5.97 Å². The molecule has 1 aromatic rings. The fraction of sp³-hybridized carbons (Fsp3) is 0.500. The van der Waals surface area contributed by atoms with E-state index >= 15 is 0 Å². The molecule has 3 heteroatoms. The molecule has 17 heavy (non-hydrogen) atoms. The first-order valence-corrected chi connectivity index (χ1v) is 6.10. The van der Waals surface area contributed by atoms with Crippen LogP contribution in [0.3, 0.4) is 0 Å². The number of unbranched alkanes of at least 4 members (excludes halogenated alkanes) is 2. The molecule has 0 amide bonds. The Balaban J connectivity index is 2.43. The molecule has 0 heterocycles. The van der Waals surface area contributed by atoms with Crippen LogP contribution in [0.2, 0.25) is 0 Å². The van der Waals surface area contributed by atoms with E-state index in [0.29, 0.717) is 6.61 Å². The highest BCUT2D eigenvalue weighted by Crippen LogP contribution is 2.11. The lowest BCUT2D eigenvalue weighted by Crippen LogP contribution is -2.05. The van der Waals surface area contributed by atoms with Crippen molar-refractivity contribution >= 4 is 5.97 Å². The standard InChI is InChI=1S/C14H20O3/c1-2-3-6-9-17-11-13-8-5-4-7-12(13)10-14(15)16/h4-5,7-8H,2-3,6,9-11H2,1H3,(H,15,16).